The highest BCUT2D eigenvalue weighted by molar-refractivity contribution is 7.22. The van der Waals surface area contributed by atoms with Gasteiger partial charge in [-0.1, -0.05) is 23.7 Å². The highest BCUT2D eigenvalue weighted by Gasteiger charge is 2.20. The zero-order valence-electron chi connectivity index (χ0n) is 15.2. The molecule has 0 radical (unpaired) electrons. The molecule has 0 bridgehead atoms. The van der Waals surface area contributed by atoms with E-state index in [-0.39, 0.29) is 5.91 Å². The number of benzene rings is 1. The molecule has 0 unspecified atom stereocenters. The summed E-state index contributed by atoms with van der Waals surface area (Å²) in [5, 5.41) is 13.2. The van der Waals surface area contributed by atoms with Gasteiger partial charge >= 0.3 is 0 Å². The number of thiophene rings is 1. The zero-order valence-corrected chi connectivity index (χ0v) is 16.8. The number of nitrogens with zero attached hydrogens (tertiary/aromatic N) is 4. The average Bonchev–Trinajstić information content (AvgIpc) is 3.14. The van der Waals surface area contributed by atoms with Gasteiger partial charge in [0.25, 0.3) is 5.91 Å². The molecule has 4 aromatic rings. The highest BCUT2D eigenvalue weighted by Crippen LogP contribution is 2.39. The fourth-order valence-electron chi connectivity index (χ4n) is 2.74. The molecule has 0 fully saturated rings. The third-order valence-electron chi connectivity index (χ3n) is 4.09. The number of hydrogen-bond acceptors (Lipinski definition) is 6. The topological polar surface area (TPSA) is 71.0 Å². The molecule has 3 heterocycles. The van der Waals surface area contributed by atoms with Crippen LogP contribution in [0.15, 0.2) is 54.9 Å². The molecule has 4 rings (SSSR count). The van der Waals surface area contributed by atoms with Gasteiger partial charge in [-0.2, -0.15) is 0 Å². The fraction of sp³-hybridized carbons (Fsp3) is 0.100. The number of anilines is 2. The van der Waals surface area contributed by atoms with E-state index in [0.717, 1.165) is 26.2 Å². The summed E-state index contributed by atoms with van der Waals surface area (Å²) in [5.74, 6) is 0.382. The van der Waals surface area contributed by atoms with Gasteiger partial charge in [0.05, 0.1) is 16.6 Å². The predicted octanol–water partition coefficient (Wildman–Crippen LogP) is 4.85. The minimum atomic E-state index is -0.190. The number of aromatic nitrogens is 3. The number of nitrogens with one attached hydrogen (secondary N) is 1. The summed E-state index contributed by atoms with van der Waals surface area (Å²) in [6.07, 6.45) is 3.41. The van der Waals surface area contributed by atoms with Crippen molar-refractivity contribution in [3.05, 3.63) is 65.6 Å². The molecule has 3 aromatic heterocycles. The number of carbonyl (C=O) groups excluding carboxylic acids is 1. The molecule has 0 spiro atoms. The maximum atomic E-state index is 12.6. The molecule has 0 atom stereocenters. The van der Waals surface area contributed by atoms with Gasteiger partial charge < -0.3 is 10.2 Å². The lowest BCUT2D eigenvalue weighted by molar-refractivity contribution is 0.0823. The first-order valence-corrected chi connectivity index (χ1v) is 9.67. The van der Waals surface area contributed by atoms with Crippen LogP contribution in [0.1, 0.15) is 10.5 Å². The van der Waals surface area contributed by atoms with E-state index in [1.165, 1.54) is 16.2 Å². The molecular weight excluding hydrogens is 394 g/mol. The number of carbonyl (C=O) groups is 1. The van der Waals surface area contributed by atoms with Gasteiger partial charge in [0.1, 0.15) is 0 Å². The van der Waals surface area contributed by atoms with Gasteiger partial charge in [-0.3, -0.25) is 9.78 Å². The van der Waals surface area contributed by atoms with Gasteiger partial charge in [0, 0.05) is 35.6 Å². The first-order chi connectivity index (χ1) is 13.5. The summed E-state index contributed by atoms with van der Waals surface area (Å²) in [5.41, 5.74) is 2.10. The molecule has 140 valence electrons. The normalized spacial score (nSPS) is 10.8. The molecule has 1 amide bonds. The number of hydrogen-bond donors (Lipinski definition) is 1. The SMILES string of the molecule is CN(C)C(=O)c1nnc(Nc2cccnc2)c2cc(-c3cccc(Cl)c3)sc12. The van der Waals surface area contributed by atoms with Crippen LogP contribution in [0.5, 0.6) is 0 Å². The van der Waals surface area contributed by atoms with Crippen LogP contribution >= 0.6 is 22.9 Å². The quantitative estimate of drug-likeness (QED) is 0.521. The largest absolute Gasteiger partial charge is 0.343 e. The van der Waals surface area contributed by atoms with Crippen LogP contribution in [0.2, 0.25) is 5.02 Å². The lowest BCUT2D eigenvalue weighted by atomic mass is 10.1. The highest BCUT2D eigenvalue weighted by atomic mass is 35.5. The molecule has 0 aliphatic carbocycles. The van der Waals surface area contributed by atoms with Gasteiger partial charge in [-0.15, -0.1) is 21.5 Å². The van der Waals surface area contributed by atoms with Crippen molar-refractivity contribution in [1.29, 1.82) is 0 Å². The van der Waals surface area contributed by atoms with Crippen molar-refractivity contribution in [3.63, 3.8) is 0 Å². The second-order valence-corrected chi connectivity index (χ2v) is 7.82. The third kappa shape index (κ3) is 3.54. The van der Waals surface area contributed by atoms with Crippen LogP contribution in [-0.4, -0.2) is 40.1 Å². The van der Waals surface area contributed by atoms with E-state index in [4.69, 9.17) is 11.6 Å². The number of pyridine rings is 1. The number of amides is 1. The first kappa shape index (κ1) is 18.3. The van der Waals surface area contributed by atoms with Crippen LogP contribution in [-0.2, 0) is 0 Å². The average molecular weight is 410 g/mol. The van der Waals surface area contributed by atoms with Crippen molar-refractivity contribution in [2.75, 3.05) is 19.4 Å². The van der Waals surface area contributed by atoms with Crippen LogP contribution in [0.3, 0.4) is 0 Å². The van der Waals surface area contributed by atoms with Crippen molar-refractivity contribution < 1.29 is 4.79 Å². The molecule has 6 nitrogen and oxygen atoms in total. The van der Waals surface area contributed by atoms with Gasteiger partial charge in [-0.25, -0.2) is 0 Å². The van der Waals surface area contributed by atoms with Crippen LogP contribution in [0.25, 0.3) is 20.5 Å². The monoisotopic (exact) mass is 409 g/mol. The van der Waals surface area contributed by atoms with Crippen LogP contribution < -0.4 is 5.32 Å². The second-order valence-electron chi connectivity index (χ2n) is 6.33. The van der Waals surface area contributed by atoms with Crippen LogP contribution in [0, 0.1) is 0 Å². The first-order valence-electron chi connectivity index (χ1n) is 8.48. The molecule has 0 saturated carbocycles. The minimum absolute atomic E-state index is 0.190. The van der Waals surface area contributed by atoms with E-state index in [1.807, 2.05) is 42.5 Å². The van der Waals surface area contributed by atoms with Crippen molar-refractivity contribution >= 4 is 50.4 Å². The maximum absolute atomic E-state index is 12.6. The summed E-state index contributed by atoms with van der Waals surface area (Å²) in [4.78, 5) is 19.2. The Hall–Kier alpha value is -3.03. The Morgan fingerprint density at radius 1 is 1.14 bits per heavy atom. The van der Waals surface area contributed by atoms with Crippen molar-refractivity contribution in [2.24, 2.45) is 0 Å². The molecule has 0 aliphatic rings. The van der Waals surface area contributed by atoms with Crippen molar-refractivity contribution in [1.82, 2.24) is 20.1 Å². The van der Waals surface area contributed by atoms with E-state index in [2.05, 4.69) is 20.5 Å². The third-order valence-corrected chi connectivity index (χ3v) is 5.52. The summed E-state index contributed by atoms with van der Waals surface area (Å²) >= 11 is 7.65. The van der Waals surface area contributed by atoms with Crippen molar-refractivity contribution in [2.45, 2.75) is 0 Å². The van der Waals surface area contributed by atoms with E-state index in [0.29, 0.717) is 16.5 Å². The molecular formula is C20H16ClN5OS. The molecule has 8 heteroatoms. The van der Waals surface area contributed by atoms with Crippen LogP contribution in [0.4, 0.5) is 11.5 Å². The fourth-order valence-corrected chi connectivity index (χ4v) is 4.07. The second kappa shape index (κ2) is 7.53. The Morgan fingerprint density at radius 2 is 2.00 bits per heavy atom. The van der Waals surface area contributed by atoms with Crippen molar-refractivity contribution in [3.8, 4) is 10.4 Å². The van der Waals surface area contributed by atoms with E-state index in [9.17, 15) is 4.79 Å². The number of fused-ring (bicyclic) bond motifs is 1. The molecule has 28 heavy (non-hydrogen) atoms. The lowest BCUT2D eigenvalue weighted by Crippen LogP contribution is -2.23. The van der Waals surface area contributed by atoms with E-state index >= 15 is 0 Å². The number of halogens is 1. The Kier molecular flexibility index (Phi) is 4.93. The zero-order chi connectivity index (χ0) is 19.7. The smallest absolute Gasteiger partial charge is 0.275 e. The molecule has 0 aliphatic heterocycles. The molecule has 1 aromatic carbocycles. The molecule has 0 saturated heterocycles. The standard InChI is InChI=1S/C20H16ClN5OS/c1-26(2)20(27)17-18-15(10-16(28-18)12-5-3-6-13(21)9-12)19(25-24-17)23-14-7-4-8-22-11-14/h3-11H,1-2H3,(H,23,25). The Labute approximate surface area is 170 Å². The van der Waals surface area contributed by atoms with Gasteiger partial charge in [0.15, 0.2) is 11.5 Å². The molecule has 1 N–H and O–H groups in total. The summed E-state index contributed by atoms with van der Waals surface area (Å²) in [6, 6.07) is 13.3. The Morgan fingerprint density at radius 3 is 2.71 bits per heavy atom. The predicted molar refractivity (Wildman–Crippen MR) is 113 cm³/mol. The lowest BCUT2D eigenvalue weighted by Gasteiger charge is -2.11. The summed E-state index contributed by atoms with van der Waals surface area (Å²) in [7, 11) is 3.40. The number of rotatable bonds is 4. The Balaban J connectivity index is 1.89. The maximum Gasteiger partial charge on any atom is 0.275 e. The van der Waals surface area contributed by atoms with E-state index < -0.39 is 0 Å². The minimum Gasteiger partial charge on any atom is -0.343 e. The summed E-state index contributed by atoms with van der Waals surface area (Å²) in [6.45, 7) is 0. The Bertz CT molecular complexity index is 1160. The van der Waals surface area contributed by atoms with Gasteiger partial charge in [-0.05, 0) is 35.9 Å². The van der Waals surface area contributed by atoms with Gasteiger partial charge in [0.2, 0.25) is 0 Å². The summed E-state index contributed by atoms with van der Waals surface area (Å²) < 4.78 is 0.773. The van der Waals surface area contributed by atoms with E-state index in [1.54, 1.807) is 26.5 Å².